The van der Waals surface area contributed by atoms with Gasteiger partial charge in [-0.2, -0.15) is 0 Å². The summed E-state index contributed by atoms with van der Waals surface area (Å²) in [7, 11) is 1.58. The third-order valence-corrected chi connectivity index (χ3v) is 6.82. The molecule has 0 unspecified atom stereocenters. The van der Waals surface area contributed by atoms with Crippen LogP contribution >= 0.6 is 0 Å². The highest BCUT2D eigenvalue weighted by Gasteiger charge is 2.12. The van der Waals surface area contributed by atoms with Crippen LogP contribution in [0.25, 0.3) is 11.0 Å². The Bertz CT molecular complexity index is 1360. The Labute approximate surface area is 231 Å². The van der Waals surface area contributed by atoms with E-state index in [9.17, 15) is 4.79 Å². The van der Waals surface area contributed by atoms with Gasteiger partial charge < -0.3 is 19.4 Å². The minimum Gasteiger partial charge on any atom is -0.496 e. The van der Waals surface area contributed by atoms with Crippen LogP contribution < -0.4 is 14.8 Å². The smallest absolute Gasteiger partial charge is 0.255 e. The van der Waals surface area contributed by atoms with Gasteiger partial charge in [0.2, 0.25) is 0 Å². The van der Waals surface area contributed by atoms with Gasteiger partial charge in [-0.05, 0) is 68.0 Å². The van der Waals surface area contributed by atoms with Crippen molar-refractivity contribution in [2.45, 2.75) is 51.5 Å². The number of hydrogen-bond acceptors (Lipinski definition) is 4. The minimum atomic E-state index is -0.0950. The largest absolute Gasteiger partial charge is 0.496 e. The Kier molecular flexibility index (Phi) is 10.6. The van der Waals surface area contributed by atoms with Crippen molar-refractivity contribution in [1.29, 1.82) is 0 Å². The highest BCUT2D eigenvalue weighted by molar-refractivity contribution is 5.96. The number of benzene rings is 3. The standard InChI is InChI=1S/C33H39N3O3/c1-3-15-26-16-6-10-20-30(26)39-25-14-13-24-36-29-19-9-8-18-28(29)35-32(36)22-5-4-12-23-34-33(37)27-17-7-11-21-31(27)38-2/h3,6-11,16-21H,1,4-5,12-15,22-25H2,2H3,(H,34,37). The fourth-order valence-electron chi connectivity index (χ4n) is 4.80. The molecule has 0 atom stereocenters. The molecule has 0 radical (unpaired) electrons. The molecule has 39 heavy (non-hydrogen) atoms. The van der Waals surface area contributed by atoms with Crippen LogP contribution in [0.15, 0.2) is 85.5 Å². The van der Waals surface area contributed by atoms with E-state index in [1.54, 1.807) is 19.2 Å². The van der Waals surface area contributed by atoms with Crippen molar-refractivity contribution in [1.82, 2.24) is 14.9 Å². The number of para-hydroxylation sites is 4. The number of methoxy groups -OCH3 is 1. The maximum Gasteiger partial charge on any atom is 0.255 e. The van der Waals surface area contributed by atoms with E-state index >= 15 is 0 Å². The molecule has 1 amide bonds. The van der Waals surface area contributed by atoms with Crippen LogP contribution in [0.5, 0.6) is 11.5 Å². The van der Waals surface area contributed by atoms with Gasteiger partial charge in [-0.3, -0.25) is 4.79 Å². The molecule has 204 valence electrons. The normalized spacial score (nSPS) is 10.9. The molecule has 0 spiro atoms. The Balaban J connectivity index is 1.23. The molecule has 0 fully saturated rings. The fourth-order valence-corrected chi connectivity index (χ4v) is 4.80. The Hall–Kier alpha value is -4.06. The monoisotopic (exact) mass is 525 g/mol. The number of fused-ring (bicyclic) bond motifs is 1. The van der Waals surface area contributed by atoms with E-state index in [1.165, 1.54) is 11.1 Å². The van der Waals surface area contributed by atoms with E-state index in [0.717, 1.165) is 68.6 Å². The van der Waals surface area contributed by atoms with Crippen molar-refractivity contribution < 1.29 is 14.3 Å². The lowest BCUT2D eigenvalue weighted by atomic mass is 10.1. The number of imidazole rings is 1. The molecule has 4 rings (SSSR count). The molecule has 0 saturated carbocycles. The molecule has 4 aromatic rings. The Morgan fingerprint density at radius 1 is 0.923 bits per heavy atom. The lowest BCUT2D eigenvalue weighted by molar-refractivity contribution is 0.0950. The lowest BCUT2D eigenvalue weighted by Crippen LogP contribution is -2.24. The molecule has 0 aliphatic rings. The van der Waals surface area contributed by atoms with Crippen molar-refractivity contribution in [3.8, 4) is 11.5 Å². The van der Waals surface area contributed by atoms with Crippen LogP contribution in [0, 0.1) is 0 Å². The van der Waals surface area contributed by atoms with Crippen LogP contribution in [0.1, 0.15) is 53.8 Å². The zero-order valence-corrected chi connectivity index (χ0v) is 22.9. The van der Waals surface area contributed by atoms with Gasteiger partial charge in [-0.1, -0.05) is 55.0 Å². The molecule has 0 bridgehead atoms. The summed E-state index contributed by atoms with van der Waals surface area (Å²) >= 11 is 0. The van der Waals surface area contributed by atoms with Gasteiger partial charge in [0, 0.05) is 19.5 Å². The van der Waals surface area contributed by atoms with Crippen molar-refractivity contribution in [3.63, 3.8) is 0 Å². The summed E-state index contributed by atoms with van der Waals surface area (Å²) in [6.07, 6.45) is 8.60. The summed E-state index contributed by atoms with van der Waals surface area (Å²) in [6.45, 7) is 6.10. The summed E-state index contributed by atoms with van der Waals surface area (Å²) < 4.78 is 13.7. The van der Waals surface area contributed by atoms with Gasteiger partial charge in [-0.25, -0.2) is 4.98 Å². The number of hydrogen-bond donors (Lipinski definition) is 1. The van der Waals surface area contributed by atoms with Gasteiger partial charge in [0.25, 0.3) is 5.91 Å². The van der Waals surface area contributed by atoms with Crippen LogP contribution in [0.4, 0.5) is 0 Å². The first kappa shape index (κ1) is 28.0. The maximum absolute atomic E-state index is 12.5. The molecule has 6 nitrogen and oxygen atoms in total. The molecule has 1 heterocycles. The molecule has 1 N–H and O–H groups in total. The average Bonchev–Trinajstić information content (AvgIpc) is 3.32. The first-order valence-corrected chi connectivity index (χ1v) is 13.9. The Morgan fingerprint density at radius 3 is 2.54 bits per heavy atom. The second kappa shape index (κ2) is 14.8. The fraction of sp³-hybridized carbons (Fsp3) is 0.333. The van der Waals surface area contributed by atoms with Gasteiger partial charge in [0.05, 0.1) is 30.3 Å². The van der Waals surface area contributed by atoms with Gasteiger partial charge >= 0.3 is 0 Å². The van der Waals surface area contributed by atoms with Crippen molar-refractivity contribution in [3.05, 3.63) is 102 Å². The third kappa shape index (κ3) is 7.73. The molecular formula is C33H39N3O3. The number of nitrogens with zero attached hydrogens (tertiary/aromatic N) is 2. The quantitative estimate of drug-likeness (QED) is 0.129. The highest BCUT2D eigenvalue weighted by Crippen LogP contribution is 2.21. The molecule has 3 aromatic carbocycles. The van der Waals surface area contributed by atoms with Crippen LogP contribution in [0.2, 0.25) is 0 Å². The summed E-state index contributed by atoms with van der Waals surface area (Å²) in [5, 5.41) is 3.01. The number of amides is 1. The zero-order chi connectivity index (χ0) is 27.3. The van der Waals surface area contributed by atoms with E-state index < -0.39 is 0 Å². The number of nitrogens with one attached hydrogen (secondary N) is 1. The molecule has 0 saturated heterocycles. The second-order valence-electron chi connectivity index (χ2n) is 9.59. The highest BCUT2D eigenvalue weighted by atomic mass is 16.5. The van der Waals surface area contributed by atoms with Crippen molar-refractivity contribution in [2.75, 3.05) is 20.3 Å². The summed E-state index contributed by atoms with van der Waals surface area (Å²) in [4.78, 5) is 17.4. The predicted molar refractivity (Wildman–Crippen MR) is 158 cm³/mol. The average molecular weight is 526 g/mol. The second-order valence-corrected chi connectivity index (χ2v) is 9.59. The number of carbonyl (C=O) groups excluding carboxylic acids is 1. The number of unbranched alkanes of at least 4 members (excludes halogenated alkanes) is 3. The molecule has 6 heteroatoms. The van der Waals surface area contributed by atoms with Gasteiger partial charge in [0.1, 0.15) is 17.3 Å². The molecule has 0 aliphatic carbocycles. The van der Waals surface area contributed by atoms with Crippen LogP contribution in [-0.2, 0) is 19.4 Å². The predicted octanol–water partition coefficient (Wildman–Crippen LogP) is 6.78. The zero-order valence-electron chi connectivity index (χ0n) is 22.9. The van der Waals surface area contributed by atoms with Gasteiger partial charge in [-0.15, -0.1) is 6.58 Å². The summed E-state index contributed by atoms with van der Waals surface area (Å²) in [5.41, 5.74) is 3.98. The molecule has 0 aliphatic heterocycles. The van der Waals surface area contributed by atoms with E-state index in [-0.39, 0.29) is 5.91 Å². The van der Waals surface area contributed by atoms with Gasteiger partial charge in [0.15, 0.2) is 0 Å². The van der Waals surface area contributed by atoms with E-state index in [0.29, 0.717) is 24.5 Å². The molecule has 1 aromatic heterocycles. The molecular weight excluding hydrogens is 486 g/mol. The first-order chi connectivity index (χ1) is 19.2. The number of carbonyl (C=O) groups is 1. The maximum atomic E-state index is 12.5. The number of rotatable bonds is 16. The third-order valence-electron chi connectivity index (χ3n) is 6.82. The van der Waals surface area contributed by atoms with Crippen molar-refractivity contribution >= 4 is 16.9 Å². The van der Waals surface area contributed by atoms with E-state index in [1.807, 2.05) is 42.5 Å². The SMILES string of the molecule is C=CCc1ccccc1OCCCCn1c(CCCCCNC(=O)c2ccccc2OC)nc2ccccc21. The van der Waals surface area contributed by atoms with Crippen LogP contribution in [0.3, 0.4) is 0 Å². The summed E-state index contributed by atoms with van der Waals surface area (Å²) in [5.74, 6) is 2.58. The topological polar surface area (TPSA) is 65.4 Å². The number of aromatic nitrogens is 2. The number of aryl methyl sites for hydroxylation is 2. The van der Waals surface area contributed by atoms with E-state index in [2.05, 4.69) is 40.7 Å². The van der Waals surface area contributed by atoms with E-state index in [4.69, 9.17) is 14.5 Å². The summed E-state index contributed by atoms with van der Waals surface area (Å²) in [6, 6.07) is 23.8. The lowest BCUT2D eigenvalue weighted by Gasteiger charge is -2.12. The first-order valence-electron chi connectivity index (χ1n) is 13.9. The number of allylic oxidation sites excluding steroid dienone is 1. The van der Waals surface area contributed by atoms with Crippen LogP contribution in [-0.4, -0.2) is 35.7 Å². The minimum absolute atomic E-state index is 0.0950. The number of ether oxygens (including phenoxy) is 2. The Morgan fingerprint density at radius 2 is 1.69 bits per heavy atom. The van der Waals surface area contributed by atoms with Crippen molar-refractivity contribution in [2.24, 2.45) is 0 Å².